The second-order valence-electron chi connectivity index (χ2n) is 5.68. The van der Waals surface area contributed by atoms with E-state index in [9.17, 15) is 4.79 Å². The minimum Gasteiger partial charge on any atom is -0.497 e. The zero-order chi connectivity index (χ0) is 15.2. The van der Waals surface area contributed by atoms with Crippen LogP contribution in [-0.4, -0.2) is 37.1 Å². The third kappa shape index (κ3) is 4.13. The molecule has 0 heterocycles. The molecule has 0 unspecified atom stereocenters. The van der Waals surface area contributed by atoms with Gasteiger partial charge in [0.25, 0.3) is 5.91 Å². The molecule has 0 saturated heterocycles. The molecule has 21 heavy (non-hydrogen) atoms. The van der Waals surface area contributed by atoms with Crippen molar-refractivity contribution in [1.82, 2.24) is 4.90 Å². The Balaban J connectivity index is 1.91. The summed E-state index contributed by atoms with van der Waals surface area (Å²) in [6, 6.07) is 7.68. The fourth-order valence-electron chi connectivity index (χ4n) is 2.84. The molecule has 0 radical (unpaired) electrons. The molecular weight excluding hydrogens is 266 g/mol. The normalized spacial score (nSPS) is 17.1. The van der Waals surface area contributed by atoms with Gasteiger partial charge in [0.1, 0.15) is 11.5 Å². The maximum atomic E-state index is 12.4. The summed E-state index contributed by atoms with van der Waals surface area (Å²) in [5, 5.41) is 0. The number of benzene rings is 1. The highest BCUT2D eigenvalue weighted by atomic mass is 16.5. The zero-order valence-corrected chi connectivity index (χ0v) is 13.2. The van der Waals surface area contributed by atoms with E-state index in [1.165, 1.54) is 19.3 Å². The Labute approximate surface area is 127 Å². The van der Waals surface area contributed by atoms with Crippen molar-refractivity contribution in [3.8, 4) is 11.5 Å². The van der Waals surface area contributed by atoms with E-state index in [1.54, 1.807) is 7.11 Å². The quantitative estimate of drug-likeness (QED) is 0.836. The molecule has 4 nitrogen and oxygen atoms in total. The van der Waals surface area contributed by atoms with Gasteiger partial charge in [-0.05, 0) is 44.0 Å². The monoisotopic (exact) mass is 291 g/mol. The summed E-state index contributed by atoms with van der Waals surface area (Å²) in [4.78, 5) is 14.3. The smallest absolute Gasteiger partial charge is 0.263 e. The standard InChI is InChI=1S/C17H25NO3/c1-13(21-16-11-9-15(20-3)10-12-16)17(19)18(2)14-7-5-4-6-8-14/h9-14H,4-8H2,1-3H3/t13-/m1/s1. The maximum Gasteiger partial charge on any atom is 0.263 e. The highest BCUT2D eigenvalue weighted by molar-refractivity contribution is 5.81. The summed E-state index contributed by atoms with van der Waals surface area (Å²) in [6.07, 6.45) is 5.47. The van der Waals surface area contributed by atoms with Crippen molar-refractivity contribution < 1.29 is 14.3 Å². The number of amides is 1. The van der Waals surface area contributed by atoms with Gasteiger partial charge in [-0.25, -0.2) is 0 Å². The maximum absolute atomic E-state index is 12.4. The lowest BCUT2D eigenvalue weighted by molar-refractivity contribution is -0.139. The molecule has 1 fully saturated rings. The number of hydrogen-bond donors (Lipinski definition) is 0. The van der Waals surface area contributed by atoms with Gasteiger partial charge in [0, 0.05) is 13.1 Å². The van der Waals surface area contributed by atoms with Crippen LogP contribution in [-0.2, 0) is 4.79 Å². The summed E-state index contributed by atoms with van der Waals surface area (Å²) in [7, 11) is 3.52. The number of nitrogens with zero attached hydrogens (tertiary/aromatic N) is 1. The average molecular weight is 291 g/mol. The van der Waals surface area contributed by atoms with Gasteiger partial charge in [0.2, 0.25) is 0 Å². The van der Waals surface area contributed by atoms with Crippen molar-refractivity contribution in [2.24, 2.45) is 0 Å². The van der Waals surface area contributed by atoms with Crippen molar-refractivity contribution >= 4 is 5.91 Å². The van der Waals surface area contributed by atoms with Gasteiger partial charge >= 0.3 is 0 Å². The highest BCUT2D eigenvalue weighted by Gasteiger charge is 2.26. The van der Waals surface area contributed by atoms with Crippen molar-refractivity contribution in [1.29, 1.82) is 0 Å². The van der Waals surface area contributed by atoms with Gasteiger partial charge in [-0.2, -0.15) is 0 Å². The Bertz CT molecular complexity index is 452. The number of rotatable bonds is 5. The molecule has 0 spiro atoms. The van der Waals surface area contributed by atoms with E-state index in [-0.39, 0.29) is 5.91 Å². The largest absolute Gasteiger partial charge is 0.497 e. The first-order valence-corrected chi connectivity index (χ1v) is 7.69. The van der Waals surface area contributed by atoms with Crippen LogP contribution in [0.5, 0.6) is 11.5 Å². The molecule has 1 aliphatic carbocycles. The lowest BCUT2D eigenvalue weighted by Gasteiger charge is -2.32. The molecule has 1 atom stereocenters. The summed E-state index contributed by atoms with van der Waals surface area (Å²) in [6.45, 7) is 1.81. The lowest BCUT2D eigenvalue weighted by Crippen LogP contribution is -2.44. The fraction of sp³-hybridized carbons (Fsp3) is 0.588. The van der Waals surface area contributed by atoms with E-state index in [1.807, 2.05) is 43.1 Å². The van der Waals surface area contributed by atoms with E-state index in [0.29, 0.717) is 11.8 Å². The molecular formula is C17H25NO3. The summed E-state index contributed by atoms with van der Waals surface area (Å²) >= 11 is 0. The number of carbonyl (C=O) groups excluding carboxylic acids is 1. The summed E-state index contributed by atoms with van der Waals surface area (Å²) in [5.41, 5.74) is 0. The second-order valence-corrected chi connectivity index (χ2v) is 5.68. The van der Waals surface area contributed by atoms with Crippen LogP contribution in [0.3, 0.4) is 0 Å². The van der Waals surface area contributed by atoms with E-state index in [2.05, 4.69) is 0 Å². The van der Waals surface area contributed by atoms with Crippen LogP contribution in [0.1, 0.15) is 39.0 Å². The Kier molecular flexibility index (Phi) is 5.48. The molecule has 1 aliphatic rings. The zero-order valence-electron chi connectivity index (χ0n) is 13.2. The predicted molar refractivity (Wildman–Crippen MR) is 82.7 cm³/mol. The molecule has 0 aliphatic heterocycles. The molecule has 1 aromatic carbocycles. The minimum atomic E-state index is -0.467. The lowest BCUT2D eigenvalue weighted by atomic mass is 9.94. The molecule has 0 N–H and O–H groups in total. The van der Waals surface area contributed by atoms with Crippen molar-refractivity contribution in [3.63, 3.8) is 0 Å². The Hall–Kier alpha value is -1.71. The topological polar surface area (TPSA) is 38.8 Å². The van der Waals surface area contributed by atoms with E-state index in [0.717, 1.165) is 18.6 Å². The third-order valence-electron chi connectivity index (χ3n) is 4.19. The average Bonchev–Trinajstić information content (AvgIpc) is 2.55. The van der Waals surface area contributed by atoms with Gasteiger partial charge < -0.3 is 14.4 Å². The van der Waals surface area contributed by atoms with Crippen LogP contribution in [0.4, 0.5) is 0 Å². The molecule has 1 saturated carbocycles. The van der Waals surface area contributed by atoms with Gasteiger partial charge in [-0.3, -0.25) is 4.79 Å². The van der Waals surface area contributed by atoms with Gasteiger partial charge in [-0.15, -0.1) is 0 Å². The molecule has 0 bridgehead atoms. The summed E-state index contributed by atoms with van der Waals surface area (Å²) < 4.78 is 10.8. The number of carbonyl (C=O) groups is 1. The van der Waals surface area contributed by atoms with Crippen LogP contribution in [0, 0.1) is 0 Å². The molecule has 116 valence electrons. The molecule has 0 aromatic heterocycles. The third-order valence-corrected chi connectivity index (χ3v) is 4.19. The van der Waals surface area contributed by atoms with Crippen molar-refractivity contribution in [2.75, 3.05) is 14.2 Å². The minimum absolute atomic E-state index is 0.0534. The second kappa shape index (κ2) is 7.34. The van der Waals surface area contributed by atoms with Gasteiger partial charge in [0.05, 0.1) is 7.11 Å². The van der Waals surface area contributed by atoms with Crippen LogP contribution < -0.4 is 9.47 Å². The Morgan fingerprint density at radius 3 is 2.29 bits per heavy atom. The first kappa shape index (κ1) is 15.7. The summed E-state index contributed by atoms with van der Waals surface area (Å²) in [5.74, 6) is 1.52. The van der Waals surface area contributed by atoms with E-state index in [4.69, 9.17) is 9.47 Å². The van der Waals surface area contributed by atoms with Crippen LogP contribution in [0.2, 0.25) is 0 Å². The number of methoxy groups -OCH3 is 1. The van der Waals surface area contributed by atoms with E-state index < -0.39 is 6.10 Å². The highest BCUT2D eigenvalue weighted by Crippen LogP contribution is 2.23. The van der Waals surface area contributed by atoms with E-state index >= 15 is 0 Å². The Morgan fingerprint density at radius 1 is 1.14 bits per heavy atom. The van der Waals surface area contributed by atoms with Gasteiger partial charge in [0.15, 0.2) is 6.10 Å². The Morgan fingerprint density at radius 2 is 1.71 bits per heavy atom. The molecule has 1 amide bonds. The number of likely N-dealkylation sites (N-methyl/N-ethyl adjacent to an activating group) is 1. The van der Waals surface area contributed by atoms with Crippen LogP contribution in [0.25, 0.3) is 0 Å². The van der Waals surface area contributed by atoms with Crippen molar-refractivity contribution in [3.05, 3.63) is 24.3 Å². The number of hydrogen-bond acceptors (Lipinski definition) is 3. The molecule has 2 rings (SSSR count). The SMILES string of the molecule is COc1ccc(O[C@H](C)C(=O)N(C)C2CCCCC2)cc1. The fourth-order valence-corrected chi connectivity index (χ4v) is 2.84. The number of ether oxygens (including phenoxy) is 2. The first-order valence-electron chi connectivity index (χ1n) is 7.69. The van der Waals surface area contributed by atoms with Crippen molar-refractivity contribution in [2.45, 2.75) is 51.2 Å². The molecule has 4 heteroatoms. The van der Waals surface area contributed by atoms with Crippen LogP contribution in [0.15, 0.2) is 24.3 Å². The predicted octanol–water partition coefficient (Wildman–Crippen LogP) is 3.25. The molecule has 1 aromatic rings. The van der Waals surface area contributed by atoms with Gasteiger partial charge in [-0.1, -0.05) is 19.3 Å². The first-order chi connectivity index (χ1) is 10.1. The van der Waals surface area contributed by atoms with Crippen LogP contribution >= 0.6 is 0 Å².